The fourth-order valence-corrected chi connectivity index (χ4v) is 7.17. The third-order valence-electron chi connectivity index (χ3n) is 11.3. The second kappa shape index (κ2) is 54.7. The highest BCUT2D eigenvalue weighted by Gasteiger charge is 2.19. The minimum absolute atomic E-state index is 0.106. The van der Waals surface area contributed by atoms with Crippen LogP contribution in [0.5, 0.6) is 0 Å². The van der Waals surface area contributed by atoms with Crippen molar-refractivity contribution in [2.24, 2.45) is 0 Å². The van der Waals surface area contributed by atoms with Crippen molar-refractivity contribution in [3.05, 3.63) is 109 Å². The van der Waals surface area contributed by atoms with Crippen LogP contribution in [0.25, 0.3) is 0 Å². The first-order valence-electron chi connectivity index (χ1n) is 27.4. The van der Waals surface area contributed by atoms with Gasteiger partial charge < -0.3 is 14.2 Å². The molecule has 0 aliphatic rings. The van der Waals surface area contributed by atoms with Crippen LogP contribution in [0.3, 0.4) is 0 Å². The summed E-state index contributed by atoms with van der Waals surface area (Å²) in [4.78, 5) is 38.1. The lowest BCUT2D eigenvalue weighted by Gasteiger charge is -2.18. The molecule has 0 aliphatic carbocycles. The Bertz CT molecular complexity index is 1390. The van der Waals surface area contributed by atoms with E-state index in [2.05, 4.69) is 130 Å². The fraction of sp³-hybridized carbons (Fsp3) is 0.656. The van der Waals surface area contributed by atoms with E-state index in [1.54, 1.807) is 0 Å². The van der Waals surface area contributed by atoms with E-state index in [-0.39, 0.29) is 37.5 Å². The maximum absolute atomic E-state index is 12.8. The molecular formula is C61H100O6. The molecule has 0 aromatic heterocycles. The van der Waals surface area contributed by atoms with E-state index >= 15 is 0 Å². The normalized spacial score (nSPS) is 12.9. The molecule has 0 heterocycles. The van der Waals surface area contributed by atoms with Crippen LogP contribution in [0.1, 0.15) is 239 Å². The Labute approximate surface area is 412 Å². The van der Waals surface area contributed by atoms with Crippen LogP contribution < -0.4 is 0 Å². The van der Waals surface area contributed by atoms with Gasteiger partial charge in [0.2, 0.25) is 0 Å². The van der Waals surface area contributed by atoms with Crippen LogP contribution in [0.4, 0.5) is 0 Å². The van der Waals surface area contributed by atoms with E-state index in [1.165, 1.54) is 103 Å². The summed E-state index contributed by atoms with van der Waals surface area (Å²) in [6.45, 7) is 6.39. The molecule has 1 unspecified atom stereocenters. The SMILES string of the molecule is CC\C=C/C=C\C=C/CCCCCCCCCC(=O)OCC(COC(=O)CCC/C=C\C/C=C\C/C=C\C/C=C\CCCCC)OC(=O)CCCCCCCCC/C=C\C/C=C\CCCCC. The molecule has 0 saturated carbocycles. The van der Waals surface area contributed by atoms with Gasteiger partial charge in [-0.2, -0.15) is 0 Å². The van der Waals surface area contributed by atoms with Gasteiger partial charge in [0.1, 0.15) is 13.2 Å². The molecule has 0 amide bonds. The second-order valence-corrected chi connectivity index (χ2v) is 17.8. The van der Waals surface area contributed by atoms with Crippen molar-refractivity contribution < 1.29 is 28.6 Å². The van der Waals surface area contributed by atoms with Gasteiger partial charge in [-0.1, -0.05) is 220 Å². The van der Waals surface area contributed by atoms with Crippen molar-refractivity contribution >= 4 is 17.9 Å². The van der Waals surface area contributed by atoms with E-state index < -0.39 is 6.10 Å². The number of rotatable bonds is 48. The van der Waals surface area contributed by atoms with E-state index in [4.69, 9.17) is 14.2 Å². The van der Waals surface area contributed by atoms with Crippen LogP contribution in [-0.4, -0.2) is 37.2 Å². The van der Waals surface area contributed by atoms with Gasteiger partial charge >= 0.3 is 17.9 Å². The molecule has 0 N–H and O–H groups in total. The Kier molecular flexibility index (Phi) is 51.5. The van der Waals surface area contributed by atoms with Crippen molar-refractivity contribution in [1.82, 2.24) is 0 Å². The summed E-state index contributed by atoms with van der Waals surface area (Å²) in [7, 11) is 0. The smallest absolute Gasteiger partial charge is 0.306 e. The van der Waals surface area contributed by atoms with Crippen LogP contribution in [-0.2, 0) is 28.6 Å². The zero-order valence-electron chi connectivity index (χ0n) is 43.4. The Morgan fingerprint density at radius 1 is 0.328 bits per heavy atom. The lowest BCUT2D eigenvalue weighted by Crippen LogP contribution is -2.30. The van der Waals surface area contributed by atoms with Gasteiger partial charge in [0.25, 0.3) is 0 Å². The van der Waals surface area contributed by atoms with E-state index in [0.29, 0.717) is 19.3 Å². The summed E-state index contributed by atoms with van der Waals surface area (Å²) in [5.41, 5.74) is 0. The van der Waals surface area contributed by atoms with Gasteiger partial charge in [-0.05, 0) is 109 Å². The molecule has 1 atom stereocenters. The van der Waals surface area contributed by atoms with Crippen LogP contribution in [0.15, 0.2) is 109 Å². The zero-order valence-corrected chi connectivity index (χ0v) is 43.4. The summed E-state index contributed by atoms with van der Waals surface area (Å²) in [6, 6.07) is 0. The van der Waals surface area contributed by atoms with Crippen LogP contribution >= 0.6 is 0 Å². The second-order valence-electron chi connectivity index (χ2n) is 17.8. The van der Waals surface area contributed by atoms with Gasteiger partial charge in [-0.3, -0.25) is 14.4 Å². The molecule has 0 fully saturated rings. The van der Waals surface area contributed by atoms with Gasteiger partial charge in [-0.25, -0.2) is 0 Å². The third kappa shape index (κ3) is 52.9. The van der Waals surface area contributed by atoms with Crippen LogP contribution in [0.2, 0.25) is 0 Å². The molecule has 380 valence electrons. The van der Waals surface area contributed by atoms with Crippen molar-refractivity contribution in [2.45, 2.75) is 245 Å². The first-order chi connectivity index (χ1) is 33.0. The molecule has 0 rings (SSSR count). The summed E-state index contributed by atoms with van der Waals surface area (Å²) < 4.78 is 16.8. The van der Waals surface area contributed by atoms with Crippen molar-refractivity contribution in [3.8, 4) is 0 Å². The first kappa shape index (κ1) is 63.1. The number of unbranched alkanes of at least 4 members (excludes halogenated alkanes) is 21. The van der Waals surface area contributed by atoms with Crippen molar-refractivity contribution in [2.75, 3.05) is 13.2 Å². The molecule has 0 spiro atoms. The predicted octanol–water partition coefficient (Wildman–Crippen LogP) is 18.3. The number of hydrogen-bond acceptors (Lipinski definition) is 6. The van der Waals surface area contributed by atoms with E-state index in [0.717, 1.165) is 89.9 Å². The third-order valence-corrected chi connectivity index (χ3v) is 11.3. The fourth-order valence-electron chi connectivity index (χ4n) is 7.17. The number of carbonyl (C=O) groups is 3. The molecule has 6 heteroatoms. The predicted molar refractivity (Wildman–Crippen MR) is 288 cm³/mol. The highest BCUT2D eigenvalue weighted by molar-refractivity contribution is 5.71. The highest BCUT2D eigenvalue weighted by Crippen LogP contribution is 2.14. The number of esters is 3. The standard InChI is InChI=1S/C61H100O6/c1-4-7-10-13-16-19-22-25-28-30-33-36-39-42-45-48-51-54-60(63)66-57-58(56-65-59(62)53-50-47-44-41-38-35-32-27-24-21-18-15-12-9-6-3)67-61(64)55-52-49-46-43-40-37-34-31-29-26-23-20-17-14-11-8-5-2/h9,12,15-21,24-26,28-29,33,36,42,45,58H,4-8,10-11,13-14,22-23,27,30-32,34-35,37-41,43-44,46-57H2,1-3H3/b12-9-,18-15-,19-16-,20-17-,24-21-,28-25-,29-26-,36-33-,45-42-. The van der Waals surface area contributed by atoms with Gasteiger partial charge in [0.05, 0.1) is 0 Å². The van der Waals surface area contributed by atoms with Crippen molar-refractivity contribution in [3.63, 3.8) is 0 Å². The van der Waals surface area contributed by atoms with Gasteiger partial charge in [0.15, 0.2) is 6.10 Å². The summed E-state index contributed by atoms with van der Waals surface area (Å²) >= 11 is 0. The molecule has 0 saturated heterocycles. The topological polar surface area (TPSA) is 78.9 Å². The number of allylic oxidation sites excluding steroid dienone is 18. The average Bonchev–Trinajstić information content (AvgIpc) is 3.33. The monoisotopic (exact) mass is 929 g/mol. The minimum atomic E-state index is -0.812. The number of ether oxygens (including phenoxy) is 3. The van der Waals surface area contributed by atoms with Crippen molar-refractivity contribution in [1.29, 1.82) is 0 Å². The Morgan fingerprint density at radius 3 is 1.09 bits per heavy atom. The lowest BCUT2D eigenvalue weighted by atomic mass is 10.1. The molecule has 6 nitrogen and oxygen atoms in total. The average molecular weight is 929 g/mol. The number of hydrogen-bond donors (Lipinski definition) is 0. The Balaban J connectivity index is 4.52. The molecular weight excluding hydrogens is 829 g/mol. The maximum Gasteiger partial charge on any atom is 0.306 e. The van der Waals surface area contributed by atoms with Gasteiger partial charge in [-0.15, -0.1) is 0 Å². The van der Waals surface area contributed by atoms with E-state index in [1.807, 2.05) is 0 Å². The Hall–Kier alpha value is -3.93. The molecule has 0 radical (unpaired) electrons. The maximum atomic E-state index is 12.8. The molecule has 0 aromatic rings. The zero-order chi connectivity index (χ0) is 48.6. The van der Waals surface area contributed by atoms with Gasteiger partial charge in [0, 0.05) is 19.3 Å². The summed E-state index contributed by atoms with van der Waals surface area (Å²) in [5, 5.41) is 0. The minimum Gasteiger partial charge on any atom is -0.462 e. The molecule has 0 bridgehead atoms. The Morgan fingerprint density at radius 2 is 0.657 bits per heavy atom. The number of carbonyl (C=O) groups excluding carboxylic acids is 3. The molecule has 0 aliphatic heterocycles. The van der Waals surface area contributed by atoms with E-state index in [9.17, 15) is 14.4 Å². The molecule has 67 heavy (non-hydrogen) atoms. The summed E-state index contributed by atoms with van der Waals surface area (Å²) in [6.07, 6.45) is 73.6. The first-order valence-corrected chi connectivity index (χ1v) is 27.4. The quantitative estimate of drug-likeness (QED) is 0.0199. The molecule has 0 aromatic carbocycles. The largest absolute Gasteiger partial charge is 0.462 e. The lowest BCUT2D eigenvalue weighted by molar-refractivity contribution is -0.167. The highest BCUT2D eigenvalue weighted by atomic mass is 16.6. The van der Waals surface area contributed by atoms with Crippen LogP contribution in [0, 0.1) is 0 Å². The summed E-state index contributed by atoms with van der Waals surface area (Å²) in [5.74, 6) is -0.986.